The predicted octanol–water partition coefficient (Wildman–Crippen LogP) is 0.942. The minimum absolute atomic E-state index is 0.0389. The monoisotopic (exact) mass is 259 g/mol. The van der Waals surface area contributed by atoms with Crippen molar-refractivity contribution in [2.24, 2.45) is 0 Å². The molecule has 88 valence electrons. The third-order valence-corrected chi connectivity index (χ3v) is 4.75. The highest BCUT2D eigenvalue weighted by Gasteiger charge is 2.26. The fraction of sp³-hybridized carbons (Fsp3) is 0.500. The van der Waals surface area contributed by atoms with Gasteiger partial charge in [0.15, 0.2) is 9.84 Å². The molecule has 2 rings (SSSR count). The molecule has 16 heavy (non-hydrogen) atoms. The van der Waals surface area contributed by atoms with Crippen LogP contribution in [-0.2, 0) is 20.4 Å². The summed E-state index contributed by atoms with van der Waals surface area (Å²) < 4.78 is 23.3. The molecule has 0 saturated heterocycles. The summed E-state index contributed by atoms with van der Waals surface area (Å²) in [5, 5.41) is 4.50. The highest BCUT2D eigenvalue weighted by Crippen LogP contribution is 2.19. The van der Waals surface area contributed by atoms with Crippen molar-refractivity contribution in [1.82, 2.24) is 5.32 Å². The van der Waals surface area contributed by atoms with E-state index in [1.807, 2.05) is 5.38 Å². The second-order valence-corrected chi connectivity index (χ2v) is 7.05. The molecule has 1 heterocycles. The normalized spacial score (nSPS) is 16.0. The molecule has 0 aliphatic heterocycles. The van der Waals surface area contributed by atoms with Gasteiger partial charge in [-0.25, -0.2) is 8.42 Å². The summed E-state index contributed by atoms with van der Waals surface area (Å²) in [4.78, 5) is 12.1. The van der Waals surface area contributed by atoms with Crippen molar-refractivity contribution in [3.63, 3.8) is 0 Å². The quantitative estimate of drug-likeness (QED) is 0.856. The van der Waals surface area contributed by atoms with Crippen molar-refractivity contribution < 1.29 is 13.2 Å². The van der Waals surface area contributed by atoms with Crippen molar-refractivity contribution in [2.45, 2.75) is 24.6 Å². The number of carbonyl (C=O) groups excluding carboxylic acids is 1. The number of sulfone groups is 1. The first-order valence-corrected chi connectivity index (χ1v) is 7.77. The zero-order valence-electron chi connectivity index (χ0n) is 8.68. The van der Waals surface area contributed by atoms with Crippen molar-refractivity contribution in [3.05, 3.63) is 22.4 Å². The topological polar surface area (TPSA) is 63.2 Å². The molecule has 1 fully saturated rings. The molecule has 4 nitrogen and oxygen atoms in total. The van der Waals surface area contributed by atoms with Crippen LogP contribution in [-0.4, -0.2) is 26.1 Å². The first-order valence-electron chi connectivity index (χ1n) is 5.07. The average molecular weight is 259 g/mol. The molecule has 1 aromatic rings. The molecule has 1 amide bonds. The first-order chi connectivity index (χ1) is 7.55. The molecule has 1 saturated carbocycles. The molecule has 0 atom stereocenters. The number of rotatable bonds is 5. The Hall–Kier alpha value is -0.880. The van der Waals surface area contributed by atoms with E-state index in [0.29, 0.717) is 0 Å². The molecule has 1 aliphatic carbocycles. The molecule has 1 aliphatic rings. The first kappa shape index (κ1) is 11.6. The highest BCUT2D eigenvalue weighted by molar-refractivity contribution is 7.91. The third kappa shape index (κ3) is 3.61. The van der Waals surface area contributed by atoms with Gasteiger partial charge < -0.3 is 5.32 Å². The van der Waals surface area contributed by atoms with E-state index < -0.39 is 15.6 Å². The lowest BCUT2D eigenvalue weighted by Gasteiger charge is -2.03. The van der Waals surface area contributed by atoms with Gasteiger partial charge >= 0.3 is 0 Å². The largest absolute Gasteiger partial charge is 0.352 e. The van der Waals surface area contributed by atoms with Crippen LogP contribution in [0.3, 0.4) is 0 Å². The number of amides is 1. The summed E-state index contributed by atoms with van der Waals surface area (Å²) in [6, 6.07) is 3.78. The predicted molar refractivity (Wildman–Crippen MR) is 63.0 cm³/mol. The third-order valence-electron chi connectivity index (χ3n) is 2.24. The Bertz CT molecular complexity index is 460. The molecule has 0 unspecified atom stereocenters. The van der Waals surface area contributed by atoms with E-state index >= 15 is 0 Å². The number of hydrogen-bond donors (Lipinski definition) is 1. The van der Waals surface area contributed by atoms with Crippen LogP contribution in [0.5, 0.6) is 0 Å². The van der Waals surface area contributed by atoms with E-state index in [1.54, 1.807) is 12.1 Å². The van der Waals surface area contributed by atoms with Crippen LogP contribution in [0, 0.1) is 0 Å². The van der Waals surface area contributed by atoms with Gasteiger partial charge in [-0.2, -0.15) is 0 Å². The Morgan fingerprint density at radius 3 is 2.81 bits per heavy atom. The van der Waals surface area contributed by atoms with Crippen molar-refractivity contribution in [1.29, 1.82) is 0 Å². The van der Waals surface area contributed by atoms with Gasteiger partial charge in [-0.15, -0.1) is 11.3 Å². The van der Waals surface area contributed by atoms with Gasteiger partial charge in [0.1, 0.15) is 5.75 Å². The van der Waals surface area contributed by atoms with Crippen LogP contribution in [0.1, 0.15) is 17.7 Å². The molecule has 1 aromatic heterocycles. The van der Waals surface area contributed by atoms with Crippen molar-refractivity contribution >= 4 is 27.1 Å². The van der Waals surface area contributed by atoms with E-state index in [1.165, 1.54) is 11.3 Å². The zero-order chi connectivity index (χ0) is 11.6. The average Bonchev–Trinajstić information content (AvgIpc) is 2.80. The molecular formula is C10H13NO3S2. The summed E-state index contributed by atoms with van der Waals surface area (Å²) in [5.74, 6) is -0.816. The van der Waals surface area contributed by atoms with E-state index in [-0.39, 0.29) is 17.7 Å². The molecule has 0 radical (unpaired) electrons. The zero-order valence-corrected chi connectivity index (χ0v) is 10.3. The second-order valence-electron chi connectivity index (χ2n) is 3.95. The summed E-state index contributed by atoms with van der Waals surface area (Å²) in [6.07, 6.45) is 1.94. The number of carbonyl (C=O) groups is 1. The summed E-state index contributed by atoms with van der Waals surface area (Å²) >= 11 is 1.39. The van der Waals surface area contributed by atoms with Crippen LogP contribution in [0.25, 0.3) is 0 Å². The summed E-state index contributed by atoms with van der Waals surface area (Å²) in [7, 11) is -3.32. The number of hydrogen-bond acceptors (Lipinski definition) is 4. The van der Waals surface area contributed by atoms with Crippen LogP contribution in [0.4, 0.5) is 0 Å². The van der Waals surface area contributed by atoms with Gasteiger partial charge in [0.25, 0.3) is 0 Å². The Kier molecular flexibility index (Phi) is 3.30. The molecule has 6 heteroatoms. The number of nitrogens with one attached hydrogen (secondary N) is 1. The lowest BCUT2D eigenvalue weighted by molar-refractivity contribution is -0.118. The Labute approximate surface area is 98.6 Å². The van der Waals surface area contributed by atoms with E-state index in [2.05, 4.69) is 5.32 Å². The van der Waals surface area contributed by atoms with Crippen molar-refractivity contribution in [2.75, 3.05) is 5.75 Å². The maximum Gasteiger partial charge on any atom is 0.235 e. The van der Waals surface area contributed by atoms with Crippen molar-refractivity contribution in [3.8, 4) is 0 Å². The van der Waals surface area contributed by atoms with E-state index in [0.717, 1.165) is 17.7 Å². The van der Waals surface area contributed by atoms with Gasteiger partial charge in [-0.3, -0.25) is 4.79 Å². The van der Waals surface area contributed by atoms with Crippen LogP contribution >= 0.6 is 11.3 Å². The SMILES string of the molecule is O=C(CS(=O)(=O)Cc1cccs1)NC1CC1. The lowest BCUT2D eigenvalue weighted by Crippen LogP contribution is -2.32. The Morgan fingerprint density at radius 2 is 2.25 bits per heavy atom. The number of thiophene rings is 1. The smallest absolute Gasteiger partial charge is 0.235 e. The molecule has 0 bridgehead atoms. The standard InChI is InChI=1S/C10H13NO3S2/c12-10(11-8-3-4-8)7-16(13,14)6-9-2-1-5-15-9/h1-2,5,8H,3-4,6-7H2,(H,11,12). The van der Waals surface area contributed by atoms with E-state index in [4.69, 9.17) is 0 Å². The van der Waals surface area contributed by atoms with Crippen LogP contribution < -0.4 is 5.32 Å². The fourth-order valence-corrected chi connectivity index (χ4v) is 3.77. The molecule has 0 spiro atoms. The molecule has 1 N–H and O–H groups in total. The van der Waals surface area contributed by atoms with Crippen LogP contribution in [0.2, 0.25) is 0 Å². The molecular weight excluding hydrogens is 246 g/mol. The van der Waals surface area contributed by atoms with Gasteiger partial charge in [-0.05, 0) is 24.3 Å². The molecule has 0 aromatic carbocycles. The summed E-state index contributed by atoms with van der Waals surface area (Å²) in [5.41, 5.74) is 0. The summed E-state index contributed by atoms with van der Waals surface area (Å²) in [6.45, 7) is 0. The minimum atomic E-state index is -3.32. The van der Waals surface area contributed by atoms with Gasteiger partial charge in [0.2, 0.25) is 5.91 Å². The van der Waals surface area contributed by atoms with Crippen LogP contribution in [0.15, 0.2) is 17.5 Å². The van der Waals surface area contributed by atoms with E-state index in [9.17, 15) is 13.2 Å². The Morgan fingerprint density at radius 1 is 1.50 bits per heavy atom. The maximum absolute atomic E-state index is 11.7. The second kappa shape index (κ2) is 4.55. The Balaban J connectivity index is 1.89. The van der Waals surface area contributed by atoms with Gasteiger partial charge in [-0.1, -0.05) is 6.07 Å². The fourth-order valence-electron chi connectivity index (χ4n) is 1.36. The minimum Gasteiger partial charge on any atom is -0.352 e. The van der Waals surface area contributed by atoms with Gasteiger partial charge in [0, 0.05) is 10.9 Å². The lowest BCUT2D eigenvalue weighted by atomic mass is 10.5. The van der Waals surface area contributed by atoms with Gasteiger partial charge in [0.05, 0.1) is 5.75 Å². The highest BCUT2D eigenvalue weighted by atomic mass is 32.2. The maximum atomic E-state index is 11.7.